The Morgan fingerprint density at radius 1 is 1.56 bits per heavy atom. The summed E-state index contributed by atoms with van der Waals surface area (Å²) in [5, 5.41) is 11.8. The van der Waals surface area contributed by atoms with Crippen molar-refractivity contribution in [3.63, 3.8) is 0 Å². The third kappa shape index (κ3) is 3.35. The number of nitrogens with zero attached hydrogens (tertiary/aromatic N) is 1. The van der Waals surface area contributed by atoms with E-state index in [1.165, 1.54) is 0 Å². The van der Waals surface area contributed by atoms with Gasteiger partial charge in [0.15, 0.2) is 0 Å². The van der Waals surface area contributed by atoms with Crippen LogP contribution < -0.4 is 11.1 Å². The Balaban J connectivity index is 2.77. The van der Waals surface area contributed by atoms with Gasteiger partial charge in [0.05, 0.1) is 12.6 Å². The summed E-state index contributed by atoms with van der Waals surface area (Å²) in [6.45, 7) is 4.47. The van der Waals surface area contributed by atoms with Crippen LogP contribution in [-0.2, 0) is 4.79 Å². The molecule has 3 amide bonds. The first kappa shape index (κ1) is 14.8. The molecule has 1 heterocycles. The Hall–Kier alpha value is -1.30. The van der Waals surface area contributed by atoms with Crippen LogP contribution in [0.4, 0.5) is 4.79 Å². The number of hydrogen-bond acceptors (Lipinski definition) is 3. The molecule has 0 radical (unpaired) electrons. The molecule has 1 fully saturated rings. The Kier molecular flexibility index (Phi) is 5.40. The molecular formula is C12H23N3O3. The van der Waals surface area contributed by atoms with Crippen molar-refractivity contribution in [2.45, 2.75) is 45.2 Å². The lowest BCUT2D eigenvalue weighted by Gasteiger charge is -2.30. The van der Waals surface area contributed by atoms with E-state index in [9.17, 15) is 14.7 Å². The van der Waals surface area contributed by atoms with Crippen molar-refractivity contribution in [1.82, 2.24) is 10.2 Å². The average molecular weight is 257 g/mol. The first-order valence-electron chi connectivity index (χ1n) is 6.48. The van der Waals surface area contributed by atoms with Crippen molar-refractivity contribution < 1.29 is 14.7 Å². The van der Waals surface area contributed by atoms with Crippen LogP contribution in [0.3, 0.4) is 0 Å². The molecule has 0 aromatic heterocycles. The van der Waals surface area contributed by atoms with Crippen LogP contribution in [0.5, 0.6) is 0 Å². The molecule has 1 aliphatic rings. The van der Waals surface area contributed by atoms with Crippen molar-refractivity contribution in [3.8, 4) is 0 Å². The Labute approximate surface area is 108 Å². The summed E-state index contributed by atoms with van der Waals surface area (Å²) in [5.41, 5.74) is 5.12. The molecule has 1 rings (SSSR count). The SMILES string of the molecule is CCC(C)C(NC(N)=O)C(=O)N1CCC[C@H]1CO. The number of urea groups is 1. The number of aliphatic hydroxyl groups excluding tert-OH is 1. The largest absolute Gasteiger partial charge is 0.394 e. The summed E-state index contributed by atoms with van der Waals surface area (Å²) >= 11 is 0. The fourth-order valence-corrected chi connectivity index (χ4v) is 2.33. The van der Waals surface area contributed by atoms with Gasteiger partial charge in [0, 0.05) is 6.54 Å². The molecule has 4 N–H and O–H groups in total. The lowest BCUT2D eigenvalue weighted by atomic mass is 9.97. The lowest BCUT2D eigenvalue weighted by molar-refractivity contribution is -0.136. The maximum absolute atomic E-state index is 12.4. The maximum Gasteiger partial charge on any atom is 0.312 e. The molecular weight excluding hydrogens is 234 g/mol. The van der Waals surface area contributed by atoms with Gasteiger partial charge < -0.3 is 21.1 Å². The first-order valence-corrected chi connectivity index (χ1v) is 6.48. The molecule has 18 heavy (non-hydrogen) atoms. The highest BCUT2D eigenvalue weighted by Gasteiger charge is 2.35. The van der Waals surface area contributed by atoms with Crippen LogP contribution in [0.2, 0.25) is 0 Å². The third-order valence-electron chi connectivity index (χ3n) is 3.65. The summed E-state index contributed by atoms with van der Waals surface area (Å²) in [5.74, 6) is -0.121. The van der Waals surface area contributed by atoms with E-state index in [4.69, 9.17) is 5.73 Å². The van der Waals surface area contributed by atoms with Crippen molar-refractivity contribution in [3.05, 3.63) is 0 Å². The van der Waals surface area contributed by atoms with Crippen LogP contribution in [0.15, 0.2) is 0 Å². The van der Waals surface area contributed by atoms with Gasteiger partial charge in [-0.05, 0) is 18.8 Å². The van der Waals surface area contributed by atoms with Crippen molar-refractivity contribution in [2.75, 3.05) is 13.2 Å². The molecule has 0 saturated carbocycles. The molecule has 6 heteroatoms. The van der Waals surface area contributed by atoms with Gasteiger partial charge in [-0.2, -0.15) is 0 Å². The zero-order valence-corrected chi connectivity index (χ0v) is 11.1. The molecule has 0 aromatic carbocycles. The van der Waals surface area contributed by atoms with Crippen LogP contribution in [0.25, 0.3) is 0 Å². The number of nitrogens with one attached hydrogen (secondary N) is 1. The molecule has 0 spiro atoms. The summed E-state index contributed by atoms with van der Waals surface area (Å²) in [6, 6.07) is -1.41. The monoisotopic (exact) mass is 257 g/mol. The highest BCUT2D eigenvalue weighted by atomic mass is 16.3. The second-order valence-corrected chi connectivity index (χ2v) is 4.88. The van der Waals surface area contributed by atoms with E-state index in [1.54, 1.807) is 4.90 Å². The van der Waals surface area contributed by atoms with Gasteiger partial charge in [-0.1, -0.05) is 20.3 Å². The Morgan fingerprint density at radius 2 is 2.22 bits per heavy atom. The van der Waals surface area contributed by atoms with Gasteiger partial charge in [-0.15, -0.1) is 0 Å². The number of rotatable bonds is 5. The van der Waals surface area contributed by atoms with E-state index < -0.39 is 12.1 Å². The molecule has 6 nitrogen and oxygen atoms in total. The molecule has 2 unspecified atom stereocenters. The summed E-state index contributed by atoms with van der Waals surface area (Å²) in [4.78, 5) is 25.0. The highest BCUT2D eigenvalue weighted by Crippen LogP contribution is 2.20. The fourth-order valence-electron chi connectivity index (χ4n) is 2.33. The fraction of sp³-hybridized carbons (Fsp3) is 0.833. The molecule has 0 bridgehead atoms. The number of carbonyl (C=O) groups is 2. The minimum atomic E-state index is -0.687. The topological polar surface area (TPSA) is 95.7 Å². The predicted molar refractivity (Wildman–Crippen MR) is 67.8 cm³/mol. The van der Waals surface area contributed by atoms with Crippen LogP contribution in [-0.4, -0.2) is 47.2 Å². The molecule has 3 atom stereocenters. The van der Waals surface area contributed by atoms with E-state index in [0.717, 1.165) is 19.3 Å². The number of nitrogens with two attached hydrogens (primary N) is 1. The third-order valence-corrected chi connectivity index (χ3v) is 3.65. The Bertz CT molecular complexity index is 309. The zero-order valence-electron chi connectivity index (χ0n) is 11.1. The zero-order chi connectivity index (χ0) is 13.7. The van der Waals surface area contributed by atoms with Gasteiger partial charge in [0.1, 0.15) is 6.04 Å². The van der Waals surface area contributed by atoms with Gasteiger partial charge in [-0.3, -0.25) is 4.79 Å². The van der Waals surface area contributed by atoms with E-state index in [-0.39, 0.29) is 24.5 Å². The number of primary amides is 1. The van der Waals surface area contributed by atoms with Gasteiger partial charge in [-0.25, -0.2) is 4.79 Å². The van der Waals surface area contributed by atoms with Gasteiger partial charge in [0.2, 0.25) is 5.91 Å². The van der Waals surface area contributed by atoms with E-state index in [2.05, 4.69) is 5.32 Å². The molecule has 0 aliphatic carbocycles. The minimum absolute atomic E-state index is 0.0185. The van der Waals surface area contributed by atoms with Crippen LogP contribution in [0, 0.1) is 5.92 Å². The standard InChI is InChI=1S/C12H23N3O3/c1-3-8(2)10(14-12(13)18)11(17)15-6-4-5-9(15)7-16/h8-10,16H,3-7H2,1-2H3,(H3,13,14,18)/t8?,9-,10?/m0/s1. The predicted octanol–water partition coefficient (Wildman–Crippen LogP) is 0.0527. The minimum Gasteiger partial charge on any atom is -0.394 e. The number of aliphatic hydroxyl groups is 1. The molecule has 1 saturated heterocycles. The van der Waals surface area contributed by atoms with Crippen LogP contribution in [0.1, 0.15) is 33.1 Å². The molecule has 104 valence electrons. The average Bonchev–Trinajstić information content (AvgIpc) is 2.82. The second-order valence-electron chi connectivity index (χ2n) is 4.88. The van der Waals surface area contributed by atoms with Crippen molar-refractivity contribution in [2.24, 2.45) is 11.7 Å². The number of carbonyl (C=O) groups excluding carboxylic acids is 2. The normalized spacial score (nSPS) is 22.6. The van der Waals surface area contributed by atoms with Gasteiger partial charge in [0.25, 0.3) is 0 Å². The van der Waals surface area contributed by atoms with E-state index in [0.29, 0.717) is 6.54 Å². The molecule has 1 aliphatic heterocycles. The first-order chi connectivity index (χ1) is 8.51. The summed E-state index contributed by atoms with van der Waals surface area (Å²) in [7, 11) is 0. The van der Waals surface area contributed by atoms with Crippen molar-refractivity contribution in [1.29, 1.82) is 0 Å². The number of amides is 3. The van der Waals surface area contributed by atoms with E-state index in [1.807, 2.05) is 13.8 Å². The van der Waals surface area contributed by atoms with E-state index >= 15 is 0 Å². The Morgan fingerprint density at radius 3 is 2.72 bits per heavy atom. The molecule has 0 aromatic rings. The second kappa shape index (κ2) is 6.58. The summed E-state index contributed by atoms with van der Waals surface area (Å²) < 4.78 is 0. The van der Waals surface area contributed by atoms with Gasteiger partial charge >= 0.3 is 6.03 Å². The lowest BCUT2D eigenvalue weighted by Crippen LogP contribution is -2.54. The number of hydrogen-bond donors (Lipinski definition) is 3. The van der Waals surface area contributed by atoms with Crippen molar-refractivity contribution >= 4 is 11.9 Å². The quantitative estimate of drug-likeness (QED) is 0.649. The smallest absolute Gasteiger partial charge is 0.312 e. The maximum atomic E-state index is 12.4. The summed E-state index contributed by atoms with van der Waals surface area (Å²) in [6.07, 6.45) is 2.47. The van der Waals surface area contributed by atoms with Crippen LogP contribution >= 0.6 is 0 Å². The highest BCUT2D eigenvalue weighted by molar-refractivity contribution is 5.87. The number of likely N-dealkylation sites (tertiary alicyclic amines) is 1.